The van der Waals surface area contributed by atoms with Crippen LogP contribution in [0.2, 0.25) is 0 Å². The number of ether oxygens (including phenoxy) is 1. The van der Waals surface area contributed by atoms with Crippen LogP contribution in [-0.2, 0) is 19.1 Å². The summed E-state index contributed by atoms with van der Waals surface area (Å²) in [6.45, 7) is 16.2. The zero-order chi connectivity index (χ0) is 35.6. The van der Waals surface area contributed by atoms with Gasteiger partial charge in [0.2, 0.25) is 6.41 Å². The zero-order valence-corrected chi connectivity index (χ0v) is 30.6. The van der Waals surface area contributed by atoms with E-state index in [1.807, 2.05) is 59.7 Å². The first-order valence-electron chi connectivity index (χ1n) is 17.8. The number of anilines is 1. The maximum absolute atomic E-state index is 11.9. The lowest BCUT2D eigenvalue weighted by atomic mass is 9.77. The second-order valence-corrected chi connectivity index (χ2v) is 12.9. The Labute approximate surface area is 284 Å². The molecule has 9 heteroatoms. The van der Waals surface area contributed by atoms with Crippen LogP contribution < -0.4 is 11.1 Å². The molecule has 1 aromatic carbocycles. The van der Waals surface area contributed by atoms with Crippen molar-refractivity contribution < 1.29 is 27.9 Å². The molecule has 2 aliphatic rings. The van der Waals surface area contributed by atoms with Crippen LogP contribution in [0.25, 0.3) is 11.0 Å². The number of halogens is 1. The van der Waals surface area contributed by atoms with E-state index in [-0.39, 0.29) is 12.0 Å². The van der Waals surface area contributed by atoms with Crippen molar-refractivity contribution in [3.05, 3.63) is 30.0 Å². The minimum Gasteiger partial charge on any atom is -0.468 e. The van der Waals surface area contributed by atoms with E-state index >= 15 is 0 Å². The van der Waals surface area contributed by atoms with Crippen LogP contribution in [0.4, 0.5) is 10.1 Å². The molecule has 270 valence electrons. The molecule has 47 heavy (non-hydrogen) atoms. The van der Waals surface area contributed by atoms with Gasteiger partial charge < -0.3 is 29.9 Å². The van der Waals surface area contributed by atoms with E-state index in [1.165, 1.54) is 45.1 Å². The van der Waals surface area contributed by atoms with E-state index in [1.54, 1.807) is 6.07 Å². The Kier molecular flexibility index (Phi) is 25.6. The Balaban J connectivity index is 0.000000603. The predicted molar refractivity (Wildman–Crippen MR) is 193 cm³/mol. The third kappa shape index (κ3) is 19.0. The number of benzene rings is 1. The molecule has 1 aromatic heterocycles. The number of rotatable bonds is 13. The maximum Gasteiger partial charge on any atom is 0.293 e. The number of fused-ring (bicyclic) bond motifs is 1. The lowest BCUT2D eigenvalue weighted by Gasteiger charge is -2.31. The third-order valence-corrected chi connectivity index (χ3v) is 8.81. The number of furan rings is 1. The number of nitrogens with two attached hydrogens (primary N) is 1. The number of aldehydes is 1. The Morgan fingerprint density at radius 2 is 1.77 bits per heavy atom. The van der Waals surface area contributed by atoms with Crippen LogP contribution in [0.3, 0.4) is 0 Å². The van der Waals surface area contributed by atoms with Crippen LogP contribution >= 0.6 is 0 Å². The van der Waals surface area contributed by atoms with Crippen molar-refractivity contribution in [1.29, 1.82) is 0 Å². The number of amides is 1. The van der Waals surface area contributed by atoms with Gasteiger partial charge in [-0.1, -0.05) is 73.1 Å². The monoisotopic (exact) mass is 663 g/mol. The molecule has 1 aliphatic heterocycles. The molecule has 1 amide bonds. The number of nitrogens with one attached hydrogen (secondary N) is 1. The van der Waals surface area contributed by atoms with Gasteiger partial charge in [0.15, 0.2) is 0 Å². The average molecular weight is 664 g/mol. The molecule has 0 bridgehead atoms. The van der Waals surface area contributed by atoms with Crippen LogP contribution in [-0.4, -0.2) is 63.0 Å². The molecule has 1 saturated heterocycles. The molecule has 4 atom stereocenters. The number of alkyl halides is 1. The molecule has 2 heterocycles. The van der Waals surface area contributed by atoms with Gasteiger partial charge in [-0.3, -0.25) is 9.59 Å². The van der Waals surface area contributed by atoms with Crippen molar-refractivity contribution in [3.8, 4) is 0 Å². The summed E-state index contributed by atoms with van der Waals surface area (Å²) in [5.41, 5.74) is 7.00. The van der Waals surface area contributed by atoms with Crippen molar-refractivity contribution in [3.63, 3.8) is 0 Å². The van der Waals surface area contributed by atoms with Gasteiger partial charge in [-0.2, -0.15) is 0 Å². The van der Waals surface area contributed by atoms with Gasteiger partial charge in [0.1, 0.15) is 24.3 Å². The second-order valence-electron chi connectivity index (χ2n) is 12.9. The number of likely N-dealkylation sites (tertiary alicyclic amines) is 1. The second kappa shape index (κ2) is 27.2. The summed E-state index contributed by atoms with van der Waals surface area (Å²) in [5, 5.41) is 3.59. The highest BCUT2D eigenvalue weighted by Crippen LogP contribution is 2.37. The summed E-state index contributed by atoms with van der Waals surface area (Å²) in [4.78, 5) is 32.6. The molecule has 4 unspecified atom stereocenters. The quantitative estimate of drug-likeness (QED) is 0.206. The zero-order valence-electron chi connectivity index (χ0n) is 30.6. The van der Waals surface area contributed by atoms with Gasteiger partial charge in [0.25, 0.3) is 6.47 Å². The minimum absolute atomic E-state index is 0.136. The number of carbonyl (C=O) groups is 3. The van der Waals surface area contributed by atoms with Gasteiger partial charge in [0, 0.05) is 29.1 Å². The first-order valence-corrected chi connectivity index (χ1v) is 17.8. The summed E-state index contributed by atoms with van der Waals surface area (Å²) in [7, 11) is 2.29. The minimum atomic E-state index is -0.460. The molecule has 2 aromatic rings. The fourth-order valence-corrected chi connectivity index (χ4v) is 5.97. The van der Waals surface area contributed by atoms with Crippen LogP contribution in [0.15, 0.2) is 28.7 Å². The molecule has 0 spiro atoms. The lowest BCUT2D eigenvalue weighted by Crippen LogP contribution is -2.30. The number of hydrogen-bond donors (Lipinski definition) is 2. The summed E-state index contributed by atoms with van der Waals surface area (Å²) < 4.78 is 21.7. The summed E-state index contributed by atoms with van der Waals surface area (Å²) in [5.74, 6) is 3.54. The molecule has 3 N–H and O–H groups in total. The van der Waals surface area contributed by atoms with Crippen molar-refractivity contribution in [1.82, 2.24) is 4.90 Å². The Bertz CT molecular complexity index is 1070. The Morgan fingerprint density at radius 1 is 1.09 bits per heavy atom. The van der Waals surface area contributed by atoms with E-state index in [0.29, 0.717) is 31.8 Å². The van der Waals surface area contributed by atoms with Crippen LogP contribution in [0.1, 0.15) is 112 Å². The standard InChI is InChI=1S/C12H23N.C10H9NO2.C9H18FNO.C5H10O2.C2H6/c1-10-12(8-9-13(10)2)11-6-4-3-5-7-11;1-7-4-8-5-9(11-6-12)2-3-10(8)13-7;1-2-8(7-12)4-3-5-9(11)6-10;1-5(2)3-7-4-6;1-2/h10-12H,3-9H2,1-2H3;2-6H,1H3,(H,11,12);7-9H,2-6,11H2,1H3;4-5H,3H2,1-2H3;1-2H3. The number of hydrogen-bond acceptors (Lipinski definition) is 7. The van der Waals surface area contributed by atoms with E-state index in [4.69, 9.17) is 10.2 Å². The molecule has 1 saturated carbocycles. The van der Waals surface area contributed by atoms with Gasteiger partial charge in [-0.15, -0.1) is 0 Å². The molecule has 2 fully saturated rings. The van der Waals surface area contributed by atoms with Crippen molar-refractivity contribution >= 4 is 35.8 Å². The van der Waals surface area contributed by atoms with Gasteiger partial charge >= 0.3 is 0 Å². The summed E-state index contributed by atoms with van der Waals surface area (Å²) in [6, 6.07) is 7.97. The first-order chi connectivity index (χ1) is 22.6. The smallest absolute Gasteiger partial charge is 0.293 e. The topological polar surface area (TPSA) is 115 Å². The van der Waals surface area contributed by atoms with E-state index in [0.717, 1.165) is 65.8 Å². The highest BCUT2D eigenvalue weighted by molar-refractivity contribution is 5.84. The number of aryl methyl sites for hydroxylation is 1. The summed E-state index contributed by atoms with van der Waals surface area (Å²) in [6.07, 6.45) is 13.9. The number of nitrogens with zero attached hydrogens (tertiary/aromatic N) is 1. The highest BCUT2D eigenvalue weighted by Gasteiger charge is 2.34. The summed E-state index contributed by atoms with van der Waals surface area (Å²) >= 11 is 0. The third-order valence-electron chi connectivity index (χ3n) is 8.81. The van der Waals surface area contributed by atoms with Crippen LogP contribution in [0, 0.1) is 30.6 Å². The molecule has 8 nitrogen and oxygen atoms in total. The molecular formula is C38H66FN3O5. The van der Waals surface area contributed by atoms with Crippen molar-refractivity contribution in [2.24, 2.45) is 29.4 Å². The van der Waals surface area contributed by atoms with Crippen LogP contribution in [0.5, 0.6) is 0 Å². The largest absolute Gasteiger partial charge is 0.468 e. The molecule has 1 aliphatic carbocycles. The predicted octanol–water partition coefficient (Wildman–Crippen LogP) is 8.74. The molecular weight excluding hydrogens is 597 g/mol. The van der Waals surface area contributed by atoms with Gasteiger partial charge in [0.05, 0.1) is 6.61 Å². The maximum atomic E-state index is 11.9. The molecule has 4 rings (SSSR count). The Hall–Kier alpha value is -2.78. The fourth-order valence-electron chi connectivity index (χ4n) is 5.97. The fraction of sp³-hybridized carbons (Fsp3) is 0.711. The lowest BCUT2D eigenvalue weighted by molar-refractivity contribution is -0.129. The van der Waals surface area contributed by atoms with Gasteiger partial charge in [-0.25, -0.2) is 4.39 Å². The van der Waals surface area contributed by atoms with E-state index in [2.05, 4.69) is 28.9 Å². The normalized spacial score (nSPS) is 18.9. The van der Waals surface area contributed by atoms with Gasteiger partial charge in [-0.05, 0) is 95.1 Å². The number of carbonyl (C=O) groups excluding carboxylic acids is 3. The van der Waals surface area contributed by atoms with Crippen molar-refractivity contribution in [2.45, 2.75) is 125 Å². The Morgan fingerprint density at radius 3 is 2.26 bits per heavy atom. The first kappa shape index (κ1) is 44.2. The highest BCUT2D eigenvalue weighted by atomic mass is 19.1. The van der Waals surface area contributed by atoms with E-state index in [9.17, 15) is 18.8 Å². The molecule has 0 radical (unpaired) electrons. The SMILES string of the molecule is CC.CC(C)COC=O.CC1C(C2CCCCC2)CCN1C.CCC(C=O)CCCC(N)CF.Cc1cc2cc(NC=O)ccc2o1. The average Bonchev–Trinajstić information content (AvgIpc) is 3.63. The van der Waals surface area contributed by atoms with E-state index < -0.39 is 6.67 Å². The van der Waals surface area contributed by atoms with Crippen molar-refractivity contribution in [2.75, 3.05) is 32.2 Å².